The van der Waals surface area contributed by atoms with Crippen LogP contribution in [0.1, 0.15) is 18.1 Å². The second kappa shape index (κ2) is 9.03. The van der Waals surface area contributed by atoms with Crippen LogP contribution in [-0.4, -0.2) is 14.4 Å². The first kappa shape index (κ1) is 22.5. The van der Waals surface area contributed by atoms with Crippen molar-refractivity contribution in [3.63, 3.8) is 0 Å². The fraction of sp³-hybridized carbons (Fsp3) is 0.115. The molecule has 4 nitrogen and oxygen atoms in total. The summed E-state index contributed by atoms with van der Waals surface area (Å²) in [5, 5.41) is 2.89. The Bertz CT molecular complexity index is 1400. The number of carbonyl (C=O) groups excluding carboxylic acids is 1. The van der Waals surface area contributed by atoms with Gasteiger partial charge < -0.3 is 4.74 Å². The summed E-state index contributed by atoms with van der Waals surface area (Å²) in [6.07, 6.45) is 0. The van der Waals surface area contributed by atoms with Gasteiger partial charge in [-0.15, -0.1) is 0 Å². The first-order chi connectivity index (χ1) is 15.2. The molecule has 0 N–H and O–H groups in total. The Kier molecular flexibility index (Phi) is 6.35. The van der Waals surface area contributed by atoms with Gasteiger partial charge in [-0.25, -0.2) is 13.2 Å². The van der Waals surface area contributed by atoms with E-state index in [-0.39, 0.29) is 11.5 Å². The Labute approximate surface area is 201 Å². The van der Waals surface area contributed by atoms with Crippen molar-refractivity contribution in [1.82, 2.24) is 0 Å². The molecule has 4 rings (SSSR count). The minimum absolute atomic E-state index is 0.0427. The second-order valence-electron chi connectivity index (χ2n) is 7.73. The van der Waals surface area contributed by atoms with Gasteiger partial charge in [0, 0.05) is 19.9 Å². The zero-order valence-corrected chi connectivity index (χ0v) is 20.4. The van der Waals surface area contributed by atoms with Crippen LogP contribution in [0, 0.1) is 3.57 Å². The number of carbonyl (C=O) groups is 1. The highest BCUT2D eigenvalue weighted by atomic mass is 127. The van der Waals surface area contributed by atoms with Crippen LogP contribution in [0.5, 0.6) is 5.75 Å². The van der Waals surface area contributed by atoms with Gasteiger partial charge in [0.2, 0.25) is 0 Å². The number of rotatable bonds is 6. The highest BCUT2D eigenvalue weighted by molar-refractivity contribution is 14.1. The van der Waals surface area contributed by atoms with Crippen LogP contribution in [0.2, 0.25) is 0 Å². The van der Waals surface area contributed by atoms with E-state index in [9.17, 15) is 13.2 Å². The second-order valence-corrected chi connectivity index (χ2v) is 11.0. The molecule has 0 radical (unpaired) electrons. The fourth-order valence-corrected chi connectivity index (χ4v) is 5.64. The molecule has 6 heteroatoms. The zero-order valence-electron chi connectivity index (χ0n) is 17.5. The Hall–Kier alpha value is -2.71. The molecule has 0 aliphatic heterocycles. The number of hydrogen-bond acceptors (Lipinski definition) is 4. The van der Waals surface area contributed by atoms with Crippen molar-refractivity contribution in [3.8, 4) is 5.75 Å². The van der Waals surface area contributed by atoms with E-state index in [2.05, 4.69) is 29.2 Å². The molecule has 0 saturated heterocycles. The number of benzene rings is 4. The fourth-order valence-electron chi connectivity index (χ4n) is 3.73. The van der Waals surface area contributed by atoms with Crippen LogP contribution in [0.15, 0.2) is 84.9 Å². The maximum Gasteiger partial charge on any atom is 0.338 e. The minimum Gasteiger partial charge on any atom is -0.422 e. The SMILES string of the molecule is C=C(C)C(=O)Oc1c2ccccc2c(CS(=O)(=O)Cc2ccc(I)cc2)c2ccccc12. The average molecular weight is 556 g/mol. The third-order valence-corrected chi connectivity index (χ3v) is 7.42. The van der Waals surface area contributed by atoms with Crippen molar-refractivity contribution >= 4 is 59.9 Å². The van der Waals surface area contributed by atoms with Gasteiger partial charge in [0.1, 0.15) is 5.75 Å². The zero-order chi connectivity index (χ0) is 22.9. The quantitative estimate of drug-likeness (QED) is 0.0934. The van der Waals surface area contributed by atoms with E-state index in [1.54, 1.807) is 6.92 Å². The summed E-state index contributed by atoms with van der Waals surface area (Å²) >= 11 is 2.20. The van der Waals surface area contributed by atoms with Crippen molar-refractivity contribution in [1.29, 1.82) is 0 Å². The number of halogens is 1. The summed E-state index contributed by atoms with van der Waals surface area (Å²) in [5.74, 6) is -0.254. The Balaban J connectivity index is 1.87. The molecule has 32 heavy (non-hydrogen) atoms. The first-order valence-electron chi connectivity index (χ1n) is 10.00. The van der Waals surface area contributed by atoms with Gasteiger partial charge in [-0.2, -0.15) is 0 Å². The van der Waals surface area contributed by atoms with E-state index in [0.717, 1.165) is 19.9 Å². The van der Waals surface area contributed by atoms with Gasteiger partial charge in [0.15, 0.2) is 9.84 Å². The van der Waals surface area contributed by atoms with Crippen LogP contribution in [0.4, 0.5) is 0 Å². The Morgan fingerprint density at radius 1 is 0.844 bits per heavy atom. The van der Waals surface area contributed by atoms with Gasteiger partial charge in [0.25, 0.3) is 0 Å². The third kappa shape index (κ3) is 4.71. The molecule has 0 saturated carbocycles. The summed E-state index contributed by atoms with van der Waals surface area (Å²) in [5.41, 5.74) is 1.75. The number of fused-ring (bicyclic) bond motifs is 2. The van der Waals surface area contributed by atoms with Crippen LogP contribution < -0.4 is 4.74 Å². The molecular weight excluding hydrogens is 535 g/mol. The standard InChI is InChI=1S/C26H21IO4S/c1-17(2)26(28)31-25-22-9-5-3-7-20(22)24(21-8-4-6-10-23(21)25)16-32(29,30)15-18-11-13-19(27)14-12-18/h3-14H,1,15-16H2,2H3. The molecule has 4 aromatic rings. The lowest BCUT2D eigenvalue weighted by Gasteiger charge is -2.17. The van der Waals surface area contributed by atoms with Gasteiger partial charge in [0.05, 0.1) is 11.5 Å². The molecule has 0 aliphatic carbocycles. The van der Waals surface area contributed by atoms with Crippen LogP contribution >= 0.6 is 22.6 Å². The lowest BCUT2D eigenvalue weighted by atomic mass is 9.96. The average Bonchev–Trinajstić information content (AvgIpc) is 2.77. The summed E-state index contributed by atoms with van der Waals surface area (Å²) in [4.78, 5) is 12.3. The van der Waals surface area contributed by atoms with E-state index >= 15 is 0 Å². The lowest BCUT2D eigenvalue weighted by Crippen LogP contribution is -2.11. The van der Waals surface area contributed by atoms with E-state index in [1.165, 1.54) is 0 Å². The predicted octanol–water partition coefficient (Wildman–Crippen LogP) is 6.19. The molecule has 4 aromatic carbocycles. The molecule has 0 heterocycles. The van der Waals surface area contributed by atoms with Gasteiger partial charge in [-0.3, -0.25) is 0 Å². The molecule has 0 atom stereocenters. The van der Waals surface area contributed by atoms with Gasteiger partial charge >= 0.3 is 5.97 Å². The van der Waals surface area contributed by atoms with Crippen LogP contribution in [0.3, 0.4) is 0 Å². The van der Waals surface area contributed by atoms with Crippen molar-refractivity contribution in [2.45, 2.75) is 18.4 Å². The van der Waals surface area contributed by atoms with Gasteiger partial charge in [-0.05, 0) is 63.5 Å². The maximum absolute atomic E-state index is 13.2. The van der Waals surface area contributed by atoms with Crippen molar-refractivity contribution < 1.29 is 17.9 Å². The van der Waals surface area contributed by atoms with Crippen LogP contribution in [-0.2, 0) is 26.1 Å². The summed E-state index contributed by atoms with van der Waals surface area (Å²) < 4.78 is 33.2. The molecule has 0 fully saturated rings. The molecule has 0 unspecified atom stereocenters. The number of esters is 1. The molecule has 0 amide bonds. The number of ether oxygens (including phenoxy) is 1. The highest BCUT2D eigenvalue weighted by Gasteiger charge is 2.21. The molecule has 0 aliphatic rings. The van der Waals surface area contributed by atoms with E-state index in [4.69, 9.17) is 4.74 Å². The van der Waals surface area contributed by atoms with Crippen LogP contribution in [0.25, 0.3) is 21.5 Å². The van der Waals surface area contributed by atoms with Crippen molar-refractivity contribution in [2.24, 2.45) is 0 Å². The summed E-state index contributed by atoms with van der Waals surface area (Å²) in [6, 6.07) is 22.3. The minimum atomic E-state index is -3.46. The molecule has 0 bridgehead atoms. The molecule has 162 valence electrons. The predicted molar refractivity (Wildman–Crippen MR) is 137 cm³/mol. The maximum atomic E-state index is 13.2. The topological polar surface area (TPSA) is 60.4 Å². The highest BCUT2D eigenvalue weighted by Crippen LogP contribution is 2.39. The monoisotopic (exact) mass is 556 g/mol. The van der Waals surface area contributed by atoms with E-state index < -0.39 is 15.8 Å². The number of sulfone groups is 1. The normalized spacial score (nSPS) is 11.6. The summed E-state index contributed by atoms with van der Waals surface area (Å²) in [6.45, 7) is 5.26. The smallest absolute Gasteiger partial charge is 0.338 e. The number of hydrogen-bond donors (Lipinski definition) is 0. The largest absolute Gasteiger partial charge is 0.422 e. The molecule has 0 aromatic heterocycles. The lowest BCUT2D eigenvalue weighted by molar-refractivity contribution is -0.129. The van der Waals surface area contributed by atoms with Crippen molar-refractivity contribution in [3.05, 3.63) is 99.6 Å². The van der Waals surface area contributed by atoms with E-state index in [1.807, 2.05) is 72.8 Å². The summed E-state index contributed by atoms with van der Waals surface area (Å²) in [7, 11) is -3.46. The van der Waals surface area contributed by atoms with Crippen molar-refractivity contribution in [2.75, 3.05) is 0 Å². The third-order valence-electron chi connectivity index (χ3n) is 5.20. The Morgan fingerprint density at radius 3 is 1.84 bits per heavy atom. The first-order valence-corrected chi connectivity index (χ1v) is 12.9. The van der Waals surface area contributed by atoms with Gasteiger partial charge in [-0.1, -0.05) is 67.2 Å². The Morgan fingerprint density at radius 2 is 1.34 bits per heavy atom. The van der Waals surface area contributed by atoms with E-state index in [0.29, 0.717) is 27.7 Å². The molecular formula is C26H21IO4S. The molecule has 0 spiro atoms.